The average Bonchev–Trinajstić information content (AvgIpc) is 2.41. The summed E-state index contributed by atoms with van der Waals surface area (Å²) in [5.41, 5.74) is 3.39. The monoisotopic (exact) mass is 357 g/mol. The Morgan fingerprint density at radius 1 is 1.11 bits per heavy atom. The van der Waals surface area contributed by atoms with Gasteiger partial charge in [0.25, 0.3) is 0 Å². The van der Waals surface area contributed by atoms with E-state index in [4.69, 9.17) is 23.2 Å². The second kappa shape index (κ2) is 6.65. The molecule has 1 nitrogen and oxygen atoms in total. The molecule has 0 atom stereocenters. The van der Waals surface area contributed by atoms with Gasteiger partial charge in [0.15, 0.2) is 0 Å². The fraction of sp³-hybridized carbons (Fsp3) is 0.200. The maximum atomic E-state index is 6.00. The highest BCUT2D eigenvalue weighted by Crippen LogP contribution is 2.27. The first kappa shape index (κ1) is 14.7. The van der Waals surface area contributed by atoms with E-state index in [0.29, 0.717) is 10.9 Å². The second-order valence-electron chi connectivity index (χ2n) is 4.35. The fourth-order valence-corrected chi connectivity index (χ4v) is 2.82. The van der Waals surface area contributed by atoms with Gasteiger partial charge in [-0.2, -0.15) is 0 Å². The van der Waals surface area contributed by atoms with E-state index in [1.165, 1.54) is 5.56 Å². The van der Waals surface area contributed by atoms with Gasteiger partial charge in [-0.05, 0) is 35.4 Å². The van der Waals surface area contributed by atoms with Crippen LogP contribution in [0, 0.1) is 0 Å². The van der Waals surface area contributed by atoms with E-state index >= 15 is 0 Å². The molecule has 2 rings (SSSR count). The normalized spacial score (nSPS) is 10.5. The van der Waals surface area contributed by atoms with E-state index in [1.54, 1.807) is 0 Å². The molecule has 0 bridgehead atoms. The number of hydrogen-bond acceptors (Lipinski definition) is 1. The Labute approximate surface area is 132 Å². The first-order valence-corrected chi connectivity index (χ1v) is 7.61. The summed E-state index contributed by atoms with van der Waals surface area (Å²) in [6, 6.07) is 14.0. The summed E-state index contributed by atoms with van der Waals surface area (Å²) in [5.74, 6) is 0.455. The molecule has 100 valence electrons. The van der Waals surface area contributed by atoms with Gasteiger partial charge in [-0.15, -0.1) is 11.6 Å². The van der Waals surface area contributed by atoms with Crippen molar-refractivity contribution in [1.82, 2.24) is 0 Å². The quantitative estimate of drug-likeness (QED) is 0.654. The Hall–Kier alpha value is -0.700. The molecule has 0 spiro atoms. The van der Waals surface area contributed by atoms with Crippen molar-refractivity contribution in [1.29, 1.82) is 0 Å². The lowest BCUT2D eigenvalue weighted by molar-refractivity contribution is 0.911. The van der Waals surface area contributed by atoms with Crippen molar-refractivity contribution in [2.45, 2.75) is 12.4 Å². The highest BCUT2D eigenvalue weighted by molar-refractivity contribution is 9.10. The summed E-state index contributed by atoms with van der Waals surface area (Å²) in [5, 5.41) is 0.716. The lowest BCUT2D eigenvalue weighted by Gasteiger charge is -2.22. The predicted octanol–water partition coefficient (Wildman–Crippen LogP) is 5.48. The number of alkyl halides is 1. The molecule has 4 heteroatoms. The van der Waals surface area contributed by atoms with Crippen LogP contribution in [0.4, 0.5) is 5.69 Å². The Morgan fingerprint density at radius 2 is 1.84 bits per heavy atom. The van der Waals surface area contributed by atoms with Gasteiger partial charge in [0.05, 0.1) is 0 Å². The summed E-state index contributed by atoms with van der Waals surface area (Å²) in [4.78, 5) is 2.17. The maximum Gasteiger partial charge on any atom is 0.0495 e. The zero-order valence-electron chi connectivity index (χ0n) is 10.5. The van der Waals surface area contributed by atoms with E-state index in [1.807, 2.05) is 36.4 Å². The smallest absolute Gasteiger partial charge is 0.0495 e. The summed E-state index contributed by atoms with van der Waals surface area (Å²) >= 11 is 15.6. The molecular formula is C15H14BrCl2N. The number of rotatable bonds is 4. The maximum absolute atomic E-state index is 6.00. The van der Waals surface area contributed by atoms with Gasteiger partial charge in [0.2, 0.25) is 0 Å². The molecule has 0 unspecified atom stereocenters. The SMILES string of the molecule is CN(Cc1ccccc1Br)c1ccc(Cl)cc1CCl. The Bertz CT molecular complexity index is 572. The molecule has 0 fully saturated rings. The summed E-state index contributed by atoms with van der Waals surface area (Å²) in [6.07, 6.45) is 0. The van der Waals surface area contributed by atoms with Crippen LogP contribution < -0.4 is 4.90 Å². The summed E-state index contributed by atoms with van der Waals surface area (Å²) in [7, 11) is 2.05. The average molecular weight is 359 g/mol. The zero-order chi connectivity index (χ0) is 13.8. The second-order valence-corrected chi connectivity index (χ2v) is 5.91. The van der Waals surface area contributed by atoms with E-state index in [2.05, 4.69) is 33.9 Å². The standard InChI is InChI=1S/C15H14BrCl2N/c1-19(10-11-4-2-3-5-14(11)16)15-7-6-13(18)8-12(15)9-17/h2-8H,9-10H2,1H3. The number of nitrogens with zero attached hydrogens (tertiary/aromatic N) is 1. The van der Waals surface area contributed by atoms with Gasteiger partial charge in [0, 0.05) is 34.7 Å². The number of halogens is 3. The largest absolute Gasteiger partial charge is 0.370 e. The molecule has 0 saturated carbocycles. The van der Waals surface area contributed by atoms with Crippen molar-refractivity contribution in [3.63, 3.8) is 0 Å². The summed E-state index contributed by atoms with van der Waals surface area (Å²) in [6.45, 7) is 0.812. The Morgan fingerprint density at radius 3 is 2.53 bits per heavy atom. The lowest BCUT2D eigenvalue weighted by Crippen LogP contribution is -2.18. The van der Waals surface area contributed by atoms with Crippen molar-refractivity contribution in [3.8, 4) is 0 Å². The Kier molecular flexibility index (Phi) is 5.14. The zero-order valence-corrected chi connectivity index (χ0v) is 13.6. The fourth-order valence-electron chi connectivity index (χ4n) is 2.00. The van der Waals surface area contributed by atoms with Gasteiger partial charge in [-0.25, -0.2) is 0 Å². The van der Waals surface area contributed by atoms with Crippen LogP contribution in [0.2, 0.25) is 5.02 Å². The molecule has 0 N–H and O–H groups in total. The van der Waals surface area contributed by atoms with Gasteiger partial charge in [-0.1, -0.05) is 45.7 Å². The minimum Gasteiger partial charge on any atom is -0.370 e. The highest BCUT2D eigenvalue weighted by Gasteiger charge is 2.09. The van der Waals surface area contributed by atoms with Crippen LogP contribution in [0.1, 0.15) is 11.1 Å². The van der Waals surface area contributed by atoms with Crippen LogP contribution >= 0.6 is 39.1 Å². The predicted molar refractivity (Wildman–Crippen MR) is 87.3 cm³/mol. The molecule has 0 aliphatic rings. The third-order valence-corrected chi connectivity index (χ3v) is 4.26. The molecule has 2 aromatic rings. The first-order valence-electron chi connectivity index (χ1n) is 5.90. The number of anilines is 1. The first-order chi connectivity index (χ1) is 9.11. The van der Waals surface area contributed by atoms with E-state index in [9.17, 15) is 0 Å². The van der Waals surface area contributed by atoms with Crippen LogP contribution in [0.25, 0.3) is 0 Å². The molecule has 19 heavy (non-hydrogen) atoms. The molecule has 2 aromatic carbocycles. The van der Waals surface area contributed by atoms with Crippen LogP contribution in [0.5, 0.6) is 0 Å². The minimum absolute atomic E-state index is 0.455. The molecule has 0 saturated heterocycles. The third kappa shape index (κ3) is 3.65. The number of benzene rings is 2. The van der Waals surface area contributed by atoms with Gasteiger partial charge in [0.1, 0.15) is 0 Å². The van der Waals surface area contributed by atoms with E-state index in [0.717, 1.165) is 22.3 Å². The molecule has 0 aliphatic carbocycles. The minimum atomic E-state index is 0.455. The van der Waals surface area contributed by atoms with Crippen molar-refractivity contribution in [2.24, 2.45) is 0 Å². The molecule has 0 heterocycles. The van der Waals surface area contributed by atoms with Crippen molar-refractivity contribution in [2.75, 3.05) is 11.9 Å². The molecule has 0 radical (unpaired) electrons. The topological polar surface area (TPSA) is 3.24 Å². The van der Waals surface area contributed by atoms with Gasteiger partial charge < -0.3 is 4.90 Å². The van der Waals surface area contributed by atoms with Crippen molar-refractivity contribution in [3.05, 3.63) is 63.1 Å². The molecule has 0 aromatic heterocycles. The molecule has 0 aliphatic heterocycles. The van der Waals surface area contributed by atoms with Crippen LogP contribution in [0.3, 0.4) is 0 Å². The number of hydrogen-bond donors (Lipinski definition) is 0. The van der Waals surface area contributed by atoms with Gasteiger partial charge in [-0.3, -0.25) is 0 Å². The lowest BCUT2D eigenvalue weighted by atomic mass is 10.1. The van der Waals surface area contributed by atoms with Crippen LogP contribution in [0.15, 0.2) is 46.9 Å². The van der Waals surface area contributed by atoms with E-state index in [-0.39, 0.29) is 0 Å². The van der Waals surface area contributed by atoms with Crippen LogP contribution in [-0.4, -0.2) is 7.05 Å². The highest BCUT2D eigenvalue weighted by atomic mass is 79.9. The van der Waals surface area contributed by atoms with Gasteiger partial charge >= 0.3 is 0 Å². The third-order valence-electron chi connectivity index (χ3n) is 2.96. The van der Waals surface area contributed by atoms with Crippen LogP contribution in [-0.2, 0) is 12.4 Å². The Balaban J connectivity index is 2.25. The van der Waals surface area contributed by atoms with Crippen molar-refractivity contribution < 1.29 is 0 Å². The summed E-state index contributed by atoms with van der Waals surface area (Å²) < 4.78 is 1.11. The molecule has 0 amide bonds. The van der Waals surface area contributed by atoms with E-state index < -0.39 is 0 Å². The van der Waals surface area contributed by atoms with Crippen molar-refractivity contribution >= 4 is 44.8 Å². The molecular weight excluding hydrogens is 345 g/mol.